The highest BCUT2D eigenvalue weighted by Crippen LogP contribution is 2.28. The van der Waals surface area contributed by atoms with E-state index in [2.05, 4.69) is 43.6 Å². The Kier molecular flexibility index (Phi) is 4.99. The summed E-state index contributed by atoms with van der Waals surface area (Å²) in [5, 5.41) is 3.39. The predicted molar refractivity (Wildman–Crippen MR) is 66.8 cm³/mol. The summed E-state index contributed by atoms with van der Waals surface area (Å²) in [7, 11) is 1.72. The molecule has 1 N–H and O–H groups in total. The van der Waals surface area contributed by atoms with Gasteiger partial charge in [-0.15, -0.1) is 11.8 Å². The van der Waals surface area contributed by atoms with Gasteiger partial charge in [-0.05, 0) is 24.0 Å². The minimum absolute atomic E-state index is 0.510. The monoisotopic (exact) mass is 225 g/mol. The fourth-order valence-corrected chi connectivity index (χ4v) is 1.86. The Morgan fingerprint density at radius 2 is 2.13 bits per heavy atom. The number of nitrogens with one attached hydrogen (secondary N) is 1. The zero-order valence-corrected chi connectivity index (χ0v) is 10.6. The van der Waals surface area contributed by atoms with Gasteiger partial charge in [0.25, 0.3) is 0 Å². The quantitative estimate of drug-likeness (QED) is 0.779. The van der Waals surface area contributed by atoms with Crippen LogP contribution >= 0.6 is 11.8 Å². The Morgan fingerprint density at radius 3 is 2.67 bits per heavy atom. The molecule has 0 radical (unpaired) electrons. The van der Waals surface area contributed by atoms with E-state index in [1.165, 1.54) is 10.5 Å². The molecule has 0 aromatic heterocycles. The summed E-state index contributed by atoms with van der Waals surface area (Å²) < 4.78 is 5.34. The van der Waals surface area contributed by atoms with Gasteiger partial charge < -0.3 is 10.1 Å². The van der Waals surface area contributed by atoms with Crippen molar-refractivity contribution in [1.82, 2.24) is 5.32 Å². The topological polar surface area (TPSA) is 21.3 Å². The molecule has 0 aliphatic heterocycles. The molecule has 0 spiro atoms. The summed E-state index contributed by atoms with van der Waals surface area (Å²) >= 11 is 1.71. The third-order valence-corrected chi connectivity index (χ3v) is 2.94. The maximum Gasteiger partial charge on any atom is 0.132 e. The molecule has 0 fully saturated rings. The van der Waals surface area contributed by atoms with Crippen molar-refractivity contribution in [2.75, 3.05) is 13.4 Å². The smallest absolute Gasteiger partial charge is 0.132 e. The predicted octanol–water partition coefficient (Wildman–Crippen LogP) is 2.92. The van der Waals surface area contributed by atoms with Gasteiger partial charge >= 0.3 is 0 Å². The lowest BCUT2D eigenvalue weighted by atomic mass is 10.2. The first-order chi connectivity index (χ1) is 7.17. The van der Waals surface area contributed by atoms with Crippen LogP contribution in [0.25, 0.3) is 0 Å². The zero-order valence-electron chi connectivity index (χ0n) is 9.83. The number of thioether (sulfide) groups is 1. The van der Waals surface area contributed by atoms with Crippen molar-refractivity contribution in [2.24, 2.45) is 0 Å². The Morgan fingerprint density at radius 1 is 1.40 bits per heavy atom. The van der Waals surface area contributed by atoms with Crippen molar-refractivity contribution < 1.29 is 4.74 Å². The maximum absolute atomic E-state index is 5.34. The number of methoxy groups -OCH3 is 1. The van der Waals surface area contributed by atoms with Crippen molar-refractivity contribution in [3.8, 4) is 5.75 Å². The van der Waals surface area contributed by atoms with Crippen LogP contribution < -0.4 is 10.1 Å². The summed E-state index contributed by atoms with van der Waals surface area (Å²) in [6.45, 7) is 5.18. The van der Waals surface area contributed by atoms with Crippen molar-refractivity contribution in [3.05, 3.63) is 23.8 Å². The number of ether oxygens (including phenoxy) is 1. The lowest BCUT2D eigenvalue weighted by molar-refractivity contribution is 0.404. The average Bonchev–Trinajstić information content (AvgIpc) is 2.25. The van der Waals surface area contributed by atoms with Crippen LogP contribution in [0, 0.1) is 0 Å². The Hall–Kier alpha value is -0.670. The minimum Gasteiger partial charge on any atom is -0.496 e. The van der Waals surface area contributed by atoms with E-state index >= 15 is 0 Å². The van der Waals surface area contributed by atoms with Crippen LogP contribution in [-0.4, -0.2) is 19.4 Å². The van der Waals surface area contributed by atoms with Crippen molar-refractivity contribution >= 4 is 11.8 Å². The third-order valence-electron chi connectivity index (χ3n) is 2.16. The number of hydrogen-bond donors (Lipinski definition) is 1. The second-order valence-electron chi connectivity index (χ2n) is 3.72. The van der Waals surface area contributed by atoms with E-state index in [9.17, 15) is 0 Å². The largest absolute Gasteiger partial charge is 0.496 e. The molecular formula is C12H19NOS. The first-order valence-corrected chi connectivity index (χ1v) is 6.34. The Bertz CT molecular complexity index is 312. The second-order valence-corrected chi connectivity index (χ2v) is 4.57. The molecule has 0 aliphatic rings. The summed E-state index contributed by atoms with van der Waals surface area (Å²) in [6.07, 6.45) is 2.06. The first kappa shape index (κ1) is 12.4. The molecule has 1 rings (SSSR count). The molecule has 3 heteroatoms. The molecule has 1 aromatic rings. The van der Waals surface area contributed by atoms with Gasteiger partial charge in [-0.25, -0.2) is 0 Å². The number of rotatable bonds is 5. The van der Waals surface area contributed by atoms with Crippen LogP contribution in [0.3, 0.4) is 0 Å². The SMILES string of the molecule is COc1cc(CNC(C)C)ccc1SC. The molecule has 15 heavy (non-hydrogen) atoms. The van der Waals surface area contributed by atoms with Crippen LogP contribution in [0.2, 0.25) is 0 Å². The second kappa shape index (κ2) is 6.03. The summed E-state index contributed by atoms with van der Waals surface area (Å²) in [5.41, 5.74) is 1.26. The van der Waals surface area contributed by atoms with Crippen LogP contribution in [0.5, 0.6) is 5.75 Å². The van der Waals surface area contributed by atoms with Crippen LogP contribution in [0.15, 0.2) is 23.1 Å². The van der Waals surface area contributed by atoms with Crippen molar-refractivity contribution in [1.29, 1.82) is 0 Å². The Labute approximate surface area is 96.4 Å². The Balaban J connectivity index is 2.74. The summed E-state index contributed by atoms with van der Waals surface area (Å²) in [6, 6.07) is 6.86. The highest BCUT2D eigenvalue weighted by atomic mass is 32.2. The molecule has 0 unspecified atom stereocenters. The number of benzene rings is 1. The highest BCUT2D eigenvalue weighted by Gasteiger charge is 2.03. The van der Waals surface area contributed by atoms with E-state index in [1.807, 2.05) is 0 Å². The standard InChI is InChI=1S/C12H19NOS/c1-9(2)13-8-10-5-6-12(15-4)11(7-10)14-3/h5-7,9,13H,8H2,1-4H3. The molecule has 0 heterocycles. The molecular weight excluding hydrogens is 206 g/mol. The van der Waals surface area contributed by atoms with Gasteiger partial charge in [0.1, 0.15) is 5.75 Å². The molecule has 1 aromatic carbocycles. The van der Waals surface area contributed by atoms with E-state index in [4.69, 9.17) is 4.74 Å². The molecule has 0 saturated carbocycles. The molecule has 0 bridgehead atoms. The summed E-state index contributed by atoms with van der Waals surface area (Å²) in [5.74, 6) is 0.963. The lowest BCUT2D eigenvalue weighted by Crippen LogP contribution is -2.21. The van der Waals surface area contributed by atoms with Gasteiger partial charge in [-0.1, -0.05) is 19.9 Å². The van der Waals surface area contributed by atoms with Gasteiger partial charge in [0.15, 0.2) is 0 Å². The van der Waals surface area contributed by atoms with Gasteiger partial charge in [0, 0.05) is 17.5 Å². The molecule has 0 atom stereocenters. The highest BCUT2D eigenvalue weighted by molar-refractivity contribution is 7.98. The van der Waals surface area contributed by atoms with Crippen LogP contribution in [0.4, 0.5) is 0 Å². The van der Waals surface area contributed by atoms with Gasteiger partial charge in [0.05, 0.1) is 7.11 Å². The normalized spacial score (nSPS) is 10.7. The fraction of sp³-hybridized carbons (Fsp3) is 0.500. The third kappa shape index (κ3) is 3.76. The van der Waals surface area contributed by atoms with E-state index in [1.54, 1.807) is 18.9 Å². The van der Waals surface area contributed by atoms with Gasteiger partial charge in [0.2, 0.25) is 0 Å². The van der Waals surface area contributed by atoms with Crippen molar-refractivity contribution in [3.63, 3.8) is 0 Å². The van der Waals surface area contributed by atoms with Gasteiger partial charge in [-0.2, -0.15) is 0 Å². The lowest BCUT2D eigenvalue weighted by Gasteiger charge is -2.11. The van der Waals surface area contributed by atoms with E-state index in [0.717, 1.165) is 12.3 Å². The first-order valence-electron chi connectivity index (χ1n) is 5.11. The zero-order chi connectivity index (χ0) is 11.3. The number of hydrogen-bond acceptors (Lipinski definition) is 3. The summed E-state index contributed by atoms with van der Waals surface area (Å²) in [4.78, 5) is 1.19. The maximum atomic E-state index is 5.34. The minimum atomic E-state index is 0.510. The van der Waals surface area contributed by atoms with Crippen molar-refractivity contribution in [2.45, 2.75) is 31.3 Å². The van der Waals surface area contributed by atoms with E-state index in [-0.39, 0.29) is 0 Å². The molecule has 84 valence electrons. The van der Waals surface area contributed by atoms with Crippen LogP contribution in [0.1, 0.15) is 19.4 Å². The average molecular weight is 225 g/mol. The molecule has 2 nitrogen and oxygen atoms in total. The fourth-order valence-electron chi connectivity index (χ4n) is 1.31. The van der Waals surface area contributed by atoms with E-state index < -0.39 is 0 Å². The van der Waals surface area contributed by atoms with Gasteiger partial charge in [-0.3, -0.25) is 0 Å². The molecule has 0 aliphatic carbocycles. The molecule has 0 saturated heterocycles. The molecule has 0 amide bonds. The van der Waals surface area contributed by atoms with Crippen LogP contribution in [-0.2, 0) is 6.54 Å². The van der Waals surface area contributed by atoms with E-state index in [0.29, 0.717) is 6.04 Å².